The number of rotatable bonds is 3. The third-order valence-electron chi connectivity index (χ3n) is 3.52. The molecule has 0 radical (unpaired) electrons. The highest BCUT2D eigenvalue weighted by Gasteiger charge is 2.37. The normalized spacial score (nSPS) is 12.2. The van der Waals surface area contributed by atoms with Crippen molar-refractivity contribution < 1.29 is 13.2 Å². The summed E-state index contributed by atoms with van der Waals surface area (Å²) in [5.74, 6) is 0.0413. The predicted octanol–water partition coefficient (Wildman–Crippen LogP) is 3.33. The molecule has 3 aromatic heterocycles. The number of aryl methyl sites for hydroxylation is 2. The van der Waals surface area contributed by atoms with E-state index in [-0.39, 0.29) is 10.9 Å². The van der Waals surface area contributed by atoms with Crippen molar-refractivity contribution in [3.05, 3.63) is 22.1 Å². The van der Waals surface area contributed by atoms with Gasteiger partial charge in [0, 0.05) is 11.9 Å². The van der Waals surface area contributed by atoms with Crippen LogP contribution < -0.4 is 5.73 Å². The maximum atomic E-state index is 12.7. The third kappa shape index (κ3) is 2.93. The van der Waals surface area contributed by atoms with E-state index >= 15 is 0 Å². The molecule has 6 nitrogen and oxygen atoms in total. The number of halogens is 3. The van der Waals surface area contributed by atoms with Gasteiger partial charge in [0.05, 0.1) is 11.1 Å². The van der Waals surface area contributed by atoms with Gasteiger partial charge in [-0.3, -0.25) is 0 Å². The number of thiophene rings is 1. The molecule has 11 heteroatoms. The second-order valence-corrected chi connectivity index (χ2v) is 7.29. The summed E-state index contributed by atoms with van der Waals surface area (Å²) < 4.78 is 39.1. The third-order valence-corrected chi connectivity index (χ3v) is 5.64. The predicted molar refractivity (Wildman–Crippen MR) is 86.9 cm³/mol. The fraction of sp³-hybridized carbons (Fsp3) is 0.385. The zero-order valence-electron chi connectivity index (χ0n) is 13.0. The molecule has 0 unspecified atom stereocenters. The first-order valence-electron chi connectivity index (χ1n) is 6.80. The van der Waals surface area contributed by atoms with Crippen molar-refractivity contribution in [2.24, 2.45) is 7.05 Å². The number of thioether (sulfide) groups is 1. The molecule has 3 aromatic rings. The fourth-order valence-corrected chi connectivity index (χ4v) is 4.03. The minimum Gasteiger partial charge on any atom is -0.383 e. The first-order valence-corrected chi connectivity index (χ1v) is 8.60. The van der Waals surface area contributed by atoms with Crippen molar-refractivity contribution in [3.63, 3.8) is 0 Å². The molecule has 2 N–H and O–H groups in total. The highest BCUT2D eigenvalue weighted by atomic mass is 32.2. The second-order valence-electron chi connectivity index (χ2n) is 5.14. The van der Waals surface area contributed by atoms with Crippen molar-refractivity contribution in [2.75, 3.05) is 5.73 Å². The largest absolute Gasteiger partial charge is 0.451 e. The average Bonchev–Trinajstić information content (AvgIpc) is 2.97. The minimum atomic E-state index is -4.54. The lowest BCUT2D eigenvalue weighted by atomic mass is 10.2. The maximum absolute atomic E-state index is 12.7. The Bertz CT molecular complexity index is 915. The molecule has 0 aliphatic rings. The SMILES string of the molecule is Cc1sc2nc(CSc3nnc(C(F)(F)F)n3C)nc(N)c2c1C. The molecule has 0 saturated heterocycles. The highest BCUT2D eigenvalue weighted by Crippen LogP contribution is 2.33. The quantitative estimate of drug-likeness (QED) is 0.708. The van der Waals surface area contributed by atoms with Gasteiger partial charge < -0.3 is 10.3 Å². The van der Waals surface area contributed by atoms with Crippen molar-refractivity contribution in [2.45, 2.75) is 30.9 Å². The van der Waals surface area contributed by atoms with Gasteiger partial charge in [-0.15, -0.1) is 21.5 Å². The van der Waals surface area contributed by atoms with Gasteiger partial charge in [-0.05, 0) is 19.4 Å². The number of fused-ring (bicyclic) bond motifs is 1. The topological polar surface area (TPSA) is 82.5 Å². The Morgan fingerprint density at radius 3 is 2.54 bits per heavy atom. The molecule has 0 aromatic carbocycles. The molecule has 0 amide bonds. The molecule has 3 heterocycles. The van der Waals surface area contributed by atoms with E-state index in [0.717, 1.165) is 37.0 Å². The summed E-state index contributed by atoms with van der Waals surface area (Å²) in [6.45, 7) is 3.94. The summed E-state index contributed by atoms with van der Waals surface area (Å²) >= 11 is 2.60. The Morgan fingerprint density at radius 2 is 1.92 bits per heavy atom. The number of hydrogen-bond acceptors (Lipinski definition) is 7. The first-order chi connectivity index (χ1) is 11.2. The van der Waals surface area contributed by atoms with E-state index in [4.69, 9.17) is 5.73 Å². The van der Waals surface area contributed by atoms with E-state index in [1.807, 2.05) is 13.8 Å². The molecule has 0 bridgehead atoms. The van der Waals surface area contributed by atoms with Gasteiger partial charge in [0.2, 0.25) is 5.82 Å². The van der Waals surface area contributed by atoms with Crippen LogP contribution in [0.15, 0.2) is 5.16 Å². The monoisotopic (exact) mass is 374 g/mol. The number of nitrogen functional groups attached to an aromatic ring is 1. The van der Waals surface area contributed by atoms with Crippen molar-refractivity contribution >= 4 is 39.1 Å². The molecule has 0 aliphatic heterocycles. The molecular formula is C13H13F3N6S2. The van der Waals surface area contributed by atoms with Crippen LogP contribution in [0.5, 0.6) is 0 Å². The van der Waals surface area contributed by atoms with Crippen LogP contribution in [-0.2, 0) is 19.0 Å². The summed E-state index contributed by atoms with van der Waals surface area (Å²) in [7, 11) is 1.27. The molecular weight excluding hydrogens is 361 g/mol. The van der Waals surface area contributed by atoms with Crippen LogP contribution >= 0.6 is 23.1 Å². The molecule has 128 valence electrons. The van der Waals surface area contributed by atoms with E-state index in [0.29, 0.717) is 11.6 Å². The van der Waals surface area contributed by atoms with Gasteiger partial charge in [-0.25, -0.2) is 9.97 Å². The van der Waals surface area contributed by atoms with Crippen molar-refractivity contribution in [1.82, 2.24) is 24.7 Å². The Morgan fingerprint density at radius 1 is 1.21 bits per heavy atom. The zero-order valence-corrected chi connectivity index (χ0v) is 14.6. The Hall–Kier alpha value is -1.88. The molecule has 0 spiro atoms. The Labute approximate surface area is 143 Å². The van der Waals surface area contributed by atoms with Crippen LogP contribution in [0.4, 0.5) is 19.0 Å². The fourth-order valence-electron chi connectivity index (χ4n) is 2.21. The molecule has 0 aliphatic carbocycles. The van der Waals surface area contributed by atoms with E-state index in [1.165, 1.54) is 18.4 Å². The number of nitrogens with zero attached hydrogens (tertiary/aromatic N) is 5. The van der Waals surface area contributed by atoms with Crippen LogP contribution in [0.1, 0.15) is 22.1 Å². The van der Waals surface area contributed by atoms with E-state index in [1.54, 1.807) is 0 Å². The summed E-state index contributed by atoms with van der Waals surface area (Å²) in [6.07, 6.45) is -4.54. The standard InChI is InChI=1S/C13H13F3N6S2/c1-5-6(2)24-10-8(5)9(17)18-7(19-10)4-23-12-21-20-11(22(12)3)13(14,15)16/h4H2,1-3H3,(H2,17,18,19). The van der Waals surface area contributed by atoms with E-state index in [9.17, 15) is 13.2 Å². The molecule has 0 saturated carbocycles. The van der Waals surface area contributed by atoms with E-state index < -0.39 is 12.0 Å². The van der Waals surface area contributed by atoms with Gasteiger partial charge in [0.1, 0.15) is 16.5 Å². The number of hydrogen-bond donors (Lipinski definition) is 1. The Kier molecular flexibility index (Phi) is 4.16. The smallest absolute Gasteiger partial charge is 0.383 e. The average molecular weight is 374 g/mol. The van der Waals surface area contributed by atoms with Gasteiger partial charge >= 0.3 is 6.18 Å². The number of anilines is 1. The number of alkyl halides is 3. The summed E-state index contributed by atoms with van der Waals surface area (Å²) in [5.41, 5.74) is 7.05. The van der Waals surface area contributed by atoms with Crippen LogP contribution in [0.3, 0.4) is 0 Å². The lowest BCUT2D eigenvalue weighted by Crippen LogP contribution is -2.13. The lowest BCUT2D eigenvalue weighted by Gasteiger charge is -2.06. The van der Waals surface area contributed by atoms with Crippen LogP contribution in [0.25, 0.3) is 10.2 Å². The molecule has 0 fully saturated rings. The van der Waals surface area contributed by atoms with Crippen LogP contribution in [0.2, 0.25) is 0 Å². The van der Waals surface area contributed by atoms with Gasteiger partial charge in [0.15, 0.2) is 5.16 Å². The van der Waals surface area contributed by atoms with Gasteiger partial charge in [-0.1, -0.05) is 11.8 Å². The second kappa shape index (κ2) is 5.88. The highest BCUT2D eigenvalue weighted by molar-refractivity contribution is 7.98. The maximum Gasteiger partial charge on any atom is 0.451 e. The lowest BCUT2D eigenvalue weighted by molar-refractivity contribution is -0.147. The summed E-state index contributed by atoms with van der Waals surface area (Å²) in [6, 6.07) is 0. The summed E-state index contributed by atoms with van der Waals surface area (Å²) in [4.78, 5) is 10.6. The zero-order chi connectivity index (χ0) is 17.6. The van der Waals surface area contributed by atoms with Crippen LogP contribution in [-0.4, -0.2) is 24.7 Å². The molecule has 0 atom stereocenters. The van der Waals surface area contributed by atoms with Crippen molar-refractivity contribution in [3.8, 4) is 0 Å². The van der Waals surface area contributed by atoms with Gasteiger partial charge in [0.25, 0.3) is 0 Å². The van der Waals surface area contributed by atoms with E-state index in [2.05, 4.69) is 20.2 Å². The molecule has 3 rings (SSSR count). The minimum absolute atomic E-state index is 0.142. The molecule has 24 heavy (non-hydrogen) atoms. The first kappa shape index (κ1) is 17.0. The van der Waals surface area contributed by atoms with Gasteiger partial charge in [-0.2, -0.15) is 13.2 Å². The Balaban J connectivity index is 1.85. The van der Waals surface area contributed by atoms with Crippen LogP contribution in [0, 0.1) is 13.8 Å². The number of nitrogens with two attached hydrogens (primary N) is 1. The van der Waals surface area contributed by atoms with Crippen molar-refractivity contribution in [1.29, 1.82) is 0 Å². The number of aromatic nitrogens is 5. The summed E-state index contributed by atoms with van der Waals surface area (Å²) in [5, 5.41) is 7.74.